The van der Waals surface area contributed by atoms with Crippen LogP contribution in [0.25, 0.3) is 0 Å². The second kappa shape index (κ2) is 8.49. The maximum Gasteiger partial charge on any atom is 0.257 e. The molecule has 0 aliphatic carbocycles. The molecule has 0 saturated heterocycles. The standard InChI is InChI=1S/C21H22FN3O2/c1-3-24(13-17-9-10-20(27-2)19(22)11-17)21(26)18-12-23-25(15-18)14-16-7-5-4-6-8-16/h4-12,15H,3,13-14H2,1-2H3. The molecule has 0 aliphatic rings. The second-order valence-corrected chi connectivity index (χ2v) is 6.20. The predicted octanol–water partition coefficient (Wildman–Crippen LogP) is 3.74. The molecule has 1 heterocycles. The van der Waals surface area contributed by atoms with E-state index >= 15 is 0 Å². The van der Waals surface area contributed by atoms with E-state index in [0.29, 0.717) is 30.8 Å². The van der Waals surface area contributed by atoms with Gasteiger partial charge in [-0.05, 0) is 30.2 Å². The van der Waals surface area contributed by atoms with Crippen LogP contribution in [0.1, 0.15) is 28.4 Å². The van der Waals surface area contributed by atoms with Gasteiger partial charge in [0.05, 0.1) is 25.4 Å². The molecule has 5 nitrogen and oxygen atoms in total. The Hall–Kier alpha value is -3.15. The molecule has 0 spiro atoms. The summed E-state index contributed by atoms with van der Waals surface area (Å²) < 4.78 is 20.6. The molecule has 0 radical (unpaired) electrons. The highest BCUT2D eigenvalue weighted by molar-refractivity contribution is 5.93. The molecule has 0 N–H and O–H groups in total. The number of rotatable bonds is 7. The molecular weight excluding hydrogens is 345 g/mol. The van der Waals surface area contributed by atoms with Gasteiger partial charge in [-0.15, -0.1) is 0 Å². The van der Waals surface area contributed by atoms with E-state index in [1.807, 2.05) is 37.3 Å². The molecular formula is C21H22FN3O2. The summed E-state index contributed by atoms with van der Waals surface area (Å²) in [5, 5.41) is 4.29. The molecule has 0 aliphatic heterocycles. The van der Waals surface area contributed by atoms with Gasteiger partial charge in [0, 0.05) is 19.3 Å². The summed E-state index contributed by atoms with van der Waals surface area (Å²) in [7, 11) is 1.42. The highest BCUT2D eigenvalue weighted by Crippen LogP contribution is 2.19. The second-order valence-electron chi connectivity index (χ2n) is 6.20. The zero-order valence-electron chi connectivity index (χ0n) is 15.4. The lowest BCUT2D eigenvalue weighted by molar-refractivity contribution is 0.0752. The summed E-state index contributed by atoms with van der Waals surface area (Å²) in [6.45, 7) is 3.33. The van der Waals surface area contributed by atoms with Gasteiger partial charge in [-0.25, -0.2) is 4.39 Å². The minimum atomic E-state index is -0.436. The highest BCUT2D eigenvalue weighted by atomic mass is 19.1. The smallest absolute Gasteiger partial charge is 0.257 e. The Balaban J connectivity index is 1.70. The normalized spacial score (nSPS) is 10.6. The first-order valence-corrected chi connectivity index (χ1v) is 8.78. The van der Waals surface area contributed by atoms with Crippen LogP contribution < -0.4 is 4.74 Å². The van der Waals surface area contributed by atoms with E-state index in [4.69, 9.17) is 4.74 Å². The fourth-order valence-electron chi connectivity index (χ4n) is 2.87. The van der Waals surface area contributed by atoms with Crippen LogP contribution >= 0.6 is 0 Å². The van der Waals surface area contributed by atoms with E-state index in [9.17, 15) is 9.18 Å². The van der Waals surface area contributed by atoms with Crippen LogP contribution in [0.15, 0.2) is 60.9 Å². The van der Waals surface area contributed by atoms with Gasteiger partial charge in [-0.2, -0.15) is 5.10 Å². The third-order valence-corrected chi connectivity index (χ3v) is 4.33. The molecule has 0 atom stereocenters. The first-order chi connectivity index (χ1) is 13.1. The minimum Gasteiger partial charge on any atom is -0.494 e. The first-order valence-electron chi connectivity index (χ1n) is 8.78. The summed E-state index contributed by atoms with van der Waals surface area (Å²) in [6, 6.07) is 14.7. The van der Waals surface area contributed by atoms with Crippen LogP contribution in [0.5, 0.6) is 5.75 Å². The van der Waals surface area contributed by atoms with Crippen LogP contribution in [0.3, 0.4) is 0 Å². The first kappa shape index (κ1) is 18.6. The average molecular weight is 367 g/mol. The number of ether oxygens (including phenoxy) is 1. The van der Waals surface area contributed by atoms with E-state index in [-0.39, 0.29) is 11.7 Å². The zero-order chi connectivity index (χ0) is 19.2. The fourth-order valence-corrected chi connectivity index (χ4v) is 2.87. The summed E-state index contributed by atoms with van der Waals surface area (Å²) in [5.41, 5.74) is 2.34. The monoisotopic (exact) mass is 367 g/mol. The number of hydrogen-bond acceptors (Lipinski definition) is 3. The molecule has 27 heavy (non-hydrogen) atoms. The van der Waals surface area contributed by atoms with Crippen LogP contribution in [0.4, 0.5) is 4.39 Å². The molecule has 6 heteroatoms. The van der Waals surface area contributed by atoms with Gasteiger partial charge < -0.3 is 9.64 Å². The maximum atomic E-state index is 13.9. The van der Waals surface area contributed by atoms with Gasteiger partial charge in [0.2, 0.25) is 0 Å². The van der Waals surface area contributed by atoms with Crippen LogP contribution in [-0.2, 0) is 13.1 Å². The Labute approximate surface area is 158 Å². The van der Waals surface area contributed by atoms with Crippen molar-refractivity contribution in [2.24, 2.45) is 0 Å². The molecule has 1 amide bonds. The third kappa shape index (κ3) is 4.53. The number of nitrogens with zero attached hydrogens (tertiary/aromatic N) is 3. The van der Waals surface area contributed by atoms with Gasteiger partial charge in [0.25, 0.3) is 5.91 Å². The summed E-state index contributed by atoms with van der Waals surface area (Å²) in [6.07, 6.45) is 3.31. The molecule has 0 fully saturated rings. The number of benzene rings is 2. The Bertz CT molecular complexity index is 909. The maximum absolute atomic E-state index is 13.9. The van der Waals surface area contributed by atoms with Crippen molar-refractivity contribution in [2.75, 3.05) is 13.7 Å². The van der Waals surface area contributed by atoms with Gasteiger partial charge >= 0.3 is 0 Å². The quantitative estimate of drug-likeness (QED) is 0.639. The Morgan fingerprint density at radius 2 is 1.96 bits per heavy atom. The molecule has 3 aromatic rings. The average Bonchev–Trinajstić information content (AvgIpc) is 3.15. The largest absolute Gasteiger partial charge is 0.494 e. The molecule has 1 aromatic heterocycles. The van der Waals surface area contributed by atoms with Gasteiger partial charge in [-0.1, -0.05) is 36.4 Å². The van der Waals surface area contributed by atoms with Crippen molar-refractivity contribution in [3.63, 3.8) is 0 Å². The highest BCUT2D eigenvalue weighted by Gasteiger charge is 2.17. The van der Waals surface area contributed by atoms with E-state index in [0.717, 1.165) is 5.56 Å². The topological polar surface area (TPSA) is 47.4 Å². The molecule has 0 saturated carbocycles. The van der Waals surface area contributed by atoms with Crippen LogP contribution in [0.2, 0.25) is 0 Å². The summed E-state index contributed by atoms with van der Waals surface area (Å²) >= 11 is 0. The Kier molecular flexibility index (Phi) is 5.86. The lowest BCUT2D eigenvalue weighted by Crippen LogP contribution is -2.30. The Morgan fingerprint density at radius 1 is 1.19 bits per heavy atom. The van der Waals surface area contributed by atoms with Crippen LogP contribution in [0, 0.1) is 5.82 Å². The molecule has 2 aromatic carbocycles. The van der Waals surface area contributed by atoms with Gasteiger partial charge in [-0.3, -0.25) is 9.48 Å². The summed E-state index contributed by atoms with van der Waals surface area (Å²) in [4.78, 5) is 14.5. The molecule has 0 bridgehead atoms. The molecule has 140 valence electrons. The third-order valence-electron chi connectivity index (χ3n) is 4.33. The number of carbonyl (C=O) groups is 1. The zero-order valence-corrected chi connectivity index (χ0v) is 15.4. The van der Waals surface area contributed by atoms with E-state index in [2.05, 4.69) is 5.10 Å². The minimum absolute atomic E-state index is 0.131. The van der Waals surface area contributed by atoms with Crippen molar-refractivity contribution in [1.29, 1.82) is 0 Å². The van der Waals surface area contributed by atoms with Gasteiger partial charge in [0.1, 0.15) is 0 Å². The number of halogens is 1. The number of aromatic nitrogens is 2. The van der Waals surface area contributed by atoms with Crippen molar-refractivity contribution in [3.05, 3.63) is 83.4 Å². The number of amides is 1. The van der Waals surface area contributed by atoms with Crippen molar-refractivity contribution in [1.82, 2.24) is 14.7 Å². The van der Waals surface area contributed by atoms with Crippen molar-refractivity contribution >= 4 is 5.91 Å². The van der Waals surface area contributed by atoms with E-state index < -0.39 is 5.82 Å². The number of carbonyl (C=O) groups excluding carboxylic acids is 1. The molecule has 0 unspecified atom stereocenters. The lowest BCUT2D eigenvalue weighted by atomic mass is 10.2. The lowest BCUT2D eigenvalue weighted by Gasteiger charge is -2.20. The van der Waals surface area contributed by atoms with E-state index in [1.165, 1.54) is 13.2 Å². The van der Waals surface area contributed by atoms with Gasteiger partial charge in [0.15, 0.2) is 11.6 Å². The van der Waals surface area contributed by atoms with Crippen molar-refractivity contribution in [2.45, 2.75) is 20.0 Å². The fraction of sp³-hybridized carbons (Fsp3) is 0.238. The van der Waals surface area contributed by atoms with E-state index in [1.54, 1.807) is 34.1 Å². The SMILES string of the molecule is CCN(Cc1ccc(OC)c(F)c1)C(=O)c1cnn(Cc2ccccc2)c1. The number of methoxy groups -OCH3 is 1. The van der Waals surface area contributed by atoms with Crippen molar-refractivity contribution < 1.29 is 13.9 Å². The Morgan fingerprint density at radius 3 is 2.63 bits per heavy atom. The predicted molar refractivity (Wildman–Crippen MR) is 101 cm³/mol. The summed E-state index contributed by atoms with van der Waals surface area (Å²) in [5.74, 6) is -0.377. The van der Waals surface area contributed by atoms with Crippen LogP contribution in [-0.4, -0.2) is 34.2 Å². The van der Waals surface area contributed by atoms with Crippen molar-refractivity contribution in [3.8, 4) is 5.75 Å². The molecule has 3 rings (SSSR count). The number of hydrogen-bond donors (Lipinski definition) is 0.